The third-order valence-corrected chi connectivity index (χ3v) is 11.0. The summed E-state index contributed by atoms with van der Waals surface area (Å²) in [5, 5.41) is 5.59. The lowest BCUT2D eigenvalue weighted by atomic mass is 9.67. The quantitative estimate of drug-likeness (QED) is 0.176. The van der Waals surface area contributed by atoms with Gasteiger partial charge in [-0.15, -0.1) is 0 Å². The van der Waals surface area contributed by atoms with Crippen LogP contribution in [0.3, 0.4) is 0 Å². The van der Waals surface area contributed by atoms with Gasteiger partial charge in [-0.2, -0.15) is 0 Å². The minimum absolute atomic E-state index is 0.561. The molecule has 1 aliphatic carbocycles. The van der Waals surface area contributed by atoms with Crippen LogP contribution < -0.4 is 0 Å². The summed E-state index contributed by atoms with van der Waals surface area (Å²) in [7, 11) is 0. The largest absolute Gasteiger partial charge is 0.456 e. The van der Waals surface area contributed by atoms with Gasteiger partial charge < -0.3 is 4.42 Å². The molecule has 3 heteroatoms. The topological polar surface area (TPSA) is 38.9 Å². The maximum atomic E-state index is 6.48. The molecule has 3 nitrogen and oxygen atoms in total. The van der Waals surface area contributed by atoms with Gasteiger partial charge in [0.05, 0.1) is 16.6 Å². The minimum atomic E-state index is -0.561. The van der Waals surface area contributed by atoms with Crippen molar-refractivity contribution in [2.75, 3.05) is 0 Å². The highest BCUT2D eigenvalue weighted by atomic mass is 16.3. The fourth-order valence-corrected chi connectivity index (χ4v) is 8.66. The molecule has 2 heterocycles. The van der Waals surface area contributed by atoms with Crippen molar-refractivity contribution in [1.29, 1.82) is 0 Å². The van der Waals surface area contributed by atoms with Crippen molar-refractivity contribution in [3.8, 4) is 33.8 Å². The highest BCUT2D eigenvalue weighted by Gasteiger charge is 2.46. The van der Waals surface area contributed by atoms with E-state index in [0.29, 0.717) is 5.82 Å². The Balaban J connectivity index is 1.15. The van der Waals surface area contributed by atoms with Crippen molar-refractivity contribution in [2.45, 2.75) is 5.41 Å². The Kier molecular flexibility index (Phi) is 6.17. The van der Waals surface area contributed by atoms with Crippen LogP contribution in [0.15, 0.2) is 186 Å². The summed E-state index contributed by atoms with van der Waals surface area (Å²) < 4.78 is 6.48. The molecule has 11 rings (SSSR count). The van der Waals surface area contributed by atoms with E-state index in [2.05, 4.69) is 164 Å². The maximum Gasteiger partial charge on any atom is 0.160 e. The predicted molar refractivity (Wildman–Crippen MR) is 212 cm³/mol. The molecule has 0 atom stereocenters. The Morgan fingerprint density at radius 3 is 1.81 bits per heavy atom. The number of rotatable bonds is 4. The number of fused-ring (bicyclic) bond motifs is 9. The average molecular weight is 663 g/mol. The van der Waals surface area contributed by atoms with Crippen LogP contribution in [0, 0.1) is 0 Å². The number of nitrogens with zero attached hydrogens (tertiary/aromatic N) is 2. The molecular weight excluding hydrogens is 633 g/mol. The van der Waals surface area contributed by atoms with E-state index >= 15 is 0 Å². The van der Waals surface area contributed by atoms with Gasteiger partial charge in [0.2, 0.25) is 0 Å². The Hall–Kier alpha value is -6.84. The molecule has 0 spiro atoms. The number of hydrogen-bond donors (Lipinski definition) is 0. The summed E-state index contributed by atoms with van der Waals surface area (Å²) in [6.45, 7) is 0. The molecule has 0 aliphatic heterocycles. The summed E-state index contributed by atoms with van der Waals surface area (Å²) in [6, 6.07) is 64.9. The van der Waals surface area contributed by atoms with Crippen LogP contribution in [0.2, 0.25) is 0 Å². The fraction of sp³-hybridized carbons (Fsp3) is 0.0204. The van der Waals surface area contributed by atoms with Crippen LogP contribution in [-0.2, 0) is 5.41 Å². The van der Waals surface area contributed by atoms with E-state index in [1.54, 1.807) is 0 Å². The Bertz CT molecular complexity index is 2970. The molecule has 242 valence electrons. The Morgan fingerprint density at radius 2 is 1.02 bits per heavy atom. The molecule has 0 N–H and O–H groups in total. The predicted octanol–water partition coefficient (Wildman–Crippen LogP) is 12.4. The SMILES string of the molecule is c1ccc(-c2nc(-c3ccc(C4(c5ccc6c(c5)oc5ccccc56)c5ccccc5-c5ccccc54)cc3)nc3c2ccc2ccccc23)cc1. The minimum Gasteiger partial charge on any atom is -0.456 e. The van der Waals surface area contributed by atoms with Gasteiger partial charge in [0.25, 0.3) is 0 Å². The van der Waals surface area contributed by atoms with E-state index in [9.17, 15) is 0 Å². The molecule has 1 aliphatic rings. The number of para-hydroxylation sites is 1. The van der Waals surface area contributed by atoms with Gasteiger partial charge in [-0.05, 0) is 57.0 Å². The lowest BCUT2D eigenvalue weighted by molar-refractivity contribution is 0.665. The highest BCUT2D eigenvalue weighted by molar-refractivity contribution is 6.10. The van der Waals surface area contributed by atoms with Crippen molar-refractivity contribution >= 4 is 43.6 Å². The van der Waals surface area contributed by atoms with Gasteiger partial charge in [-0.3, -0.25) is 0 Å². The van der Waals surface area contributed by atoms with Gasteiger partial charge in [-0.25, -0.2) is 9.97 Å². The molecule has 0 radical (unpaired) electrons. The Morgan fingerprint density at radius 1 is 0.404 bits per heavy atom. The summed E-state index contributed by atoms with van der Waals surface area (Å²) in [6.07, 6.45) is 0. The average Bonchev–Trinajstić information content (AvgIpc) is 3.74. The first-order valence-electron chi connectivity index (χ1n) is 17.7. The van der Waals surface area contributed by atoms with E-state index in [1.807, 2.05) is 18.2 Å². The molecule has 2 aromatic heterocycles. The fourth-order valence-electron chi connectivity index (χ4n) is 8.66. The maximum absolute atomic E-state index is 6.48. The molecule has 52 heavy (non-hydrogen) atoms. The molecule has 0 unspecified atom stereocenters. The monoisotopic (exact) mass is 662 g/mol. The van der Waals surface area contributed by atoms with Crippen molar-refractivity contribution in [3.05, 3.63) is 204 Å². The van der Waals surface area contributed by atoms with Gasteiger partial charge in [0, 0.05) is 32.7 Å². The molecule has 10 aromatic rings. The van der Waals surface area contributed by atoms with Crippen molar-refractivity contribution < 1.29 is 4.42 Å². The second-order valence-corrected chi connectivity index (χ2v) is 13.7. The van der Waals surface area contributed by atoms with E-state index in [-0.39, 0.29) is 0 Å². The zero-order valence-corrected chi connectivity index (χ0v) is 28.1. The summed E-state index contributed by atoms with van der Waals surface area (Å²) >= 11 is 0. The van der Waals surface area contributed by atoms with Crippen LogP contribution in [0.25, 0.3) is 77.4 Å². The molecule has 0 amide bonds. The smallest absolute Gasteiger partial charge is 0.160 e. The lowest BCUT2D eigenvalue weighted by Crippen LogP contribution is -2.28. The van der Waals surface area contributed by atoms with E-state index < -0.39 is 5.41 Å². The number of hydrogen-bond acceptors (Lipinski definition) is 3. The normalized spacial score (nSPS) is 13.2. The van der Waals surface area contributed by atoms with Crippen molar-refractivity contribution in [1.82, 2.24) is 9.97 Å². The molecule has 0 saturated heterocycles. The third kappa shape index (κ3) is 4.08. The Labute approximate surface area is 300 Å². The van der Waals surface area contributed by atoms with Gasteiger partial charge in [0.15, 0.2) is 5.82 Å². The molecule has 0 saturated carbocycles. The van der Waals surface area contributed by atoms with E-state index in [0.717, 1.165) is 60.4 Å². The number of aromatic nitrogens is 2. The van der Waals surface area contributed by atoms with Crippen molar-refractivity contribution in [3.63, 3.8) is 0 Å². The summed E-state index contributed by atoms with van der Waals surface area (Å²) in [5.41, 5.74) is 12.5. The van der Waals surface area contributed by atoms with Gasteiger partial charge in [0.1, 0.15) is 11.2 Å². The van der Waals surface area contributed by atoms with E-state index in [4.69, 9.17) is 14.4 Å². The number of furan rings is 1. The van der Waals surface area contributed by atoms with Crippen LogP contribution in [0.1, 0.15) is 22.3 Å². The summed E-state index contributed by atoms with van der Waals surface area (Å²) in [5.74, 6) is 0.708. The van der Waals surface area contributed by atoms with Crippen LogP contribution >= 0.6 is 0 Å². The van der Waals surface area contributed by atoms with Crippen LogP contribution in [0.5, 0.6) is 0 Å². The van der Waals surface area contributed by atoms with E-state index in [1.165, 1.54) is 33.4 Å². The molecule has 0 bridgehead atoms. The third-order valence-electron chi connectivity index (χ3n) is 11.0. The zero-order chi connectivity index (χ0) is 34.2. The molecule has 8 aromatic carbocycles. The van der Waals surface area contributed by atoms with Crippen molar-refractivity contribution in [2.24, 2.45) is 0 Å². The lowest BCUT2D eigenvalue weighted by Gasteiger charge is -2.34. The van der Waals surface area contributed by atoms with Crippen LogP contribution in [-0.4, -0.2) is 9.97 Å². The zero-order valence-electron chi connectivity index (χ0n) is 28.1. The number of benzene rings is 8. The highest BCUT2D eigenvalue weighted by Crippen LogP contribution is 2.56. The second kappa shape index (κ2) is 11.1. The van der Waals surface area contributed by atoms with Crippen LogP contribution in [0.4, 0.5) is 0 Å². The standard InChI is InChI=1S/C49H30N2O/c1-2-13-32(14-3-1)46-41-28-24-31-12-4-5-15-36(31)47(41)51-48(50-46)33-22-25-34(26-23-33)49(42-19-9-6-16-37(42)38-17-7-10-20-43(38)49)35-27-29-40-39-18-8-11-21-44(39)52-45(40)30-35/h1-30H. The summed E-state index contributed by atoms with van der Waals surface area (Å²) in [4.78, 5) is 10.5. The second-order valence-electron chi connectivity index (χ2n) is 13.7. The first-order valence-corrected chi connectivity index (χ1v) is 17.7. The molecule has 0 fully saturated rings. The first kappa shape index (κ1) is 28.9. The molecular formula is C49H30N2O. The van der Waals surface area contributed by atoms with Gasteiger partial charge in [-0.1, -0.05) is 164 Å². The van der Waals surface area contributed by atoms with Gasteiger partial charge >= 0.3 is 0 Å². The first-order chi connectivity index (χ1) is 25.8.